The molecule has 4 rings (SSSR count). The van der Waals surface area contributed by atoms with Crippen molar-refractivity contribution in [2.45, 2.75) is 46.2 Å². The van der Waals surface area contributed by atoms with Crippen molar-refractivity contribution in [2.75, 3.05) is 0 Å². The summed E-state index contributed by atoms with van der Waals surface area (Å²) < 4.78 is 2.92. The maximum atomic E-state index is 13.2. The van der Waals surface area contributed by atoms with E-state index in [1.165, 1.54) is 10.2 Å². The molecule has 0 aliphatic rings. The number of benzene rings is 2. The Bertz CT molecular complexity index is 1340. The summed E-state index contributed by atoms with van der Waals surface area (Å²) in [5, 5.41) is 13.0. The summed E-state index contributed by atoms with van der Waals surface area (Å²) in [7, 11) is 0. The van der Waals surface area contributed by atoms with Crippen LogP contribution >= 0.6 is 11.6 Å². The lowest BCUT2D eigenvalue weighted by Crippen LogP contribution is -2.38. The van der Waals surface area contributed by atoms with Crippen LogP contribution in [-0.4, -0.2) is 31.5 Å². The second kappa shape index (κ2) is 9.58. The van der Waals surface area contributed by atoms with E-state index in [4.69, 9.17) is 11.6 Å². The Morgan fingerprint density at radius 3 is 2.45 bits per heavy atom. The van der Waals surface area contributed by atoms with Crippen LogP contribution in [0.2, 0.25) is 5.02 Å². The highest BCUT2D eigenvalue weighted by atomic mass is 35.5. The van der Waals surface area contributed by atoms with E-state index in [1.54, 1.807) is 23.7 Å². The molecule has 0 saturated heterocycles. The predicted molar refractivity (Wildman–Crippen MR) is 130 cm³/mol. The molecule has 0 spiro atoms. The number of aryl methyl sites for hydroxylation is 3. The van der Waals surface area contributed by atoms with E-state index in [9.17, 15) is 9.59 Å². The van der Waals surface area contributed by atoms with Crippen molar-refractivity contribution in [2.24, 2.45) is 0 Å². The molecule has 1 unspecified atom stereocenters. The number of carbonyl (C=O) groups excluding carboxylic acids is 1. The predicted octanol–water partition coefficient (Wildman–Crippen LogP) is 3.99. The van der Waals surface area contributed by atoms with E-state index in [1.807, 2.05) is 44.2 Å². The van der Waals surface area contributed by atoms with Gasteiger partial charge in [-0.2, -0.15) is 10.2 Å². The highest BCUT2D eigenvalue weighted by molar-refractivity contribution is 6.30. The molecule has 0 aliphatic carbocycles. The van der Waals surface area contributed by atoms with Gasteiger partial charge in [0.1, 0.15) is 12.1 Å². The van der Waals surface area contributed by atoms with Crippen LogP contribution in [0.15, 0.2) is 59.4 Å². The molecule has 1 amide bonds. The molecule has 0 radical (unpaired) electrons. The van der Waals surface area contributed by atoms with Crippen LogP contribution in [0.1, 0.15) is 30.3 Å². The maximum Gasteiger partial charge on any atom is 0.278 e. The van der Waals surface area contributed by atoms with Gasteiger partial charge >= 0.3 is 0 Å². The number of hydrogen-bond donors (Lipinski definition) is 1. The zero-order chi connectivity index (χ0) is 23.5. The molecule has 0 bridgehead atoms. The SMILES string of the molecule is Cc1nn(CC(=O)NC(C)CCc2ccccc2)c(=O)c2c(C)n(-c3ccc(Cl)cc3)nc12. The summed E-state index contributed by atoms with van der Waals surface area (Å²) in [5.74, 6) is -0.244. The van der Waals surface area contributed by atoms with E-state index in [2.05, 4.69) is 27.6 Å². The van der Waals surface area contributed by atoms with Crippen molar-refractivity contribution >= 4 is 28.4 Å². The number of fused-ring (bicyclic) bond motifs is 1. The summed E-state index contributed by atoms with van der Waals surface area (Å²) in [6.45, 7) is 5.45. The van der Waals surface area contributed by atoms with Gasteiger partial charge in [-0.3, -0.25) is 9.59 Å². The Balaban J connectivity index is 1.52. The van der Waals surface area contributed by atoms with Crippen molar-refractivity contribution in [1.82, 2.24) is 24.9 Å². The molecule has 1 atom stereocenters. The quantitative estimate of drug-likeness (QED) is 0.449. The van der Waals surface area contributed by atoms with Crippen LogP contribution in [0.4, 0.5) is 0 Å². The first-order chi connectivity index (χ1) is 15.8. The first-order valence-electron chi connectivity index (χ1n) is 10.9. The third-order valence-electron chi connectivity index (χ3n) is 5.66. The molecule has 2 aromatic heterocycles. The molecular formula is C25H26ClN5O2. The van der Waals surface area contributed by atoms with Gasteiger partial charge in [0.05, 0.1) is 22.5 Å². The minimum Gasteiger partial charge on any atom is -0.352 e. The standard InChI is InChI=1S/C25H26ClN5O2/c1-16(9-10-19-7-5-4-6-8-19)27-22(32)15-30-25(33)23-18(3)31(29-24(23)17(2)28-30)21-13-11-20(26)12-14-21/h4-8,11-14,16H,9-10,15H2,1-3H3,(H,27,32). The lowest BCUT2D eigenvalue weighted by Gasteiger charge is -2.14. The van der Waals surface area contributed by atoms with Crippen molar-refractivity contribution in [3.05, 3.63) is 86.9 Å². The number of nitrogens with zero attached hydrogens (tertiary/aromatic N) is 4. The van der Waals surface area contributed by atoms with Crippen LogP contribution in [0, 0.1) is 13.8 Å². The minimum absolute atomic E-state index is 0.0207. The lowest BCUT2D eigenvalue weighted by molar-refractivity contribution is -0.122. The molecule has 1 N–H and O–H groups in total. The molecule has 0 fully saturated rings. The van der Waals surface area contributed by atoms with Gasteiger partial charge in [-0.15, -0.1) is 0 Å². The number of aromatic nitrogens is 4. The zero-order valence-corrected chi connectivity index (χ0v) is 19.6. The Morgan fingerprint density at radius 2 is 1.76 bits per heavy atom. The Hall–Kier alpha value is -3.45. The number of carbonyl (C=O) groups is 1. The van der Waals surface area contributed by atoms with Crippen LogP contribution in [-0.2, 0) is 17.8 Å². The Kier molecular flexibility index (Phi) is 6.60. The number of hydrogen-bond acceptors (Lipinski definition) is 4. The molecular weight excluding hydrogens is 438 g/mol. The van der Waals surface area contributed by atoms with Crippen molar-refractivity contribution < 1.29 is 4.79 Å². The van der Waals surface area contributed by atoms with E-state index >= 15 is 0 Å². The normalized spacial score (nSPS) is 12.1. The van der Waals surface area contributed by atoms with E-state index in [-0.39, 0.29) is 24.1 Å². The van der Waals surface area contributed by atoms with E-state index in [0.717, 1.165) is 18.5 Å². The summed E-state index contributed by atoms with van der Waals surface area (Å²) >= 11 is 5.99. The van der Waals surface area contributed by atoms with Gasteiger partial charge < -0.3 is 5.32 Å². The summed E-state index contributed by atoms with van der Waals surface area (Å²) in [6, 6.07) is 17.3. The second-order valence-corrected chi connectivity index (χ2v) is 8.67. The van der Waals surface area contributed by atoms with Gasteiger partial charge in [0.25, 0.3) is 5.56 Å². The molecule has 8 heteroatoms. The fourth-order valence-corrected chi connectivity index (χ4v) is 4.04. The van der Waals surface area contributed by atoms with Crippen molar-refractivity contribution in [3.8, 4) is 5.69 Å². The van der Waals surface area contributed by atoms with Crippen LogP contribution < -0.4 is 10.9 Å². The van der Waals surface area contributed by atoms with Gasteiger partial charge in [0, 0.05) is 11.1 Å². The van der Waals surface area contributed by atoms with Gasteiger partial charge in [-0.05, 0) is 63.4 Å². The lowest BCUT2D eigenvalue weighted by atomic mass is 10.1. The Morgan fingerprint density at radius 1 is 1.06 bits per heavy atom. The fraction of sp³-hybridized carbons (Fsp3) is 0.280. The number of amides is 1. The fourth-order valence-electron chi connectivity index (χ4n) is 3.91. The molecule has 0 aliphatic heterocycles. The number of nitrogens with one attached hydrogen (secondary N) is 1. The highest BCUT2D eigenvalue weighted by Crippen LogP contribution is 2.21. The van der Waals surface area contributed by atoms with Gasteiger partial charge in [0.15, 0.2) is 0 Å². The Labute approximate surface area is 197 Å². The van der Waals surface area contributed by atoms with Gasteiger partial charge in [-0.25, -0.2) is 9.36 Å². The summed E-state index contributed by atoms with van der Waals surface area (Å²) in [6.07, 6.45) is 1.68. The molecule has 4 aromatic rings. The monoisotopic (exact) mass is 463 g/mol. The molecule has 2 heterocycles. The van der Waals surface area contributed by atoms with Gasteiger partial charge in [0.2, 0.25) is 5.91 Å². The topological polar surface area (TPSA) is 81.8 Å². The van der Waals surface area contributed by atoms with Crippen LogP contribution in [0.25, 0.3) is 16.6 Å². The van der Waals surface area contributed by atoms with Crippen molar-refractivity contribution in [3.63, 3.8) is 0 Å². The van der Waals surface area contributed by atoms with Crippen LogP contribution in [0.3, 0.4) is 0 Å². The molecule has 7 nitrogen and oxygen atoms in total. The largest absolute Gasteiger partial charge is 0.352 e. The second-order valence-electron chi connectivity index (χ2n) is 8.24. The van der Waals surface area contributed by atoms with Crippen molar-refractivity contribution in [1.29, 1.82) is 0 Å². The number of rotatable bonds is 7. The molecule has 33 heavy (non-hydrogen) atoms. The molecule has 0 saturated carbocycles. The van der Waals surface area contributed by atoms with Crippen LogP contribution in [0.5, 0.6) is 0 Å². The average molecular weight is 464 g/mol. The van der Waals surface area contributed by atoms with E-state index < -0.39 is 0 Å². The maximum absolute atomic E-state index is 13.2. The smallest absolute Gasteiger partial charge is 0.278 e. The third kappa shape index (κ3) is 4.98. The first-order valence-corrected chi connectivity index (χ1v) is 11.3. The number of halogens is 1. The average Bonchev–Trinajstić information content (AvgIpc) is 3.15. The van der Waals surface area contributed by atoms with Gasteiger partial charge in [-0.1, -0.05) is 41.9 Å². The first kappa shape index (κ1) is 22.7. The summed E-state index contributed by atoms with van der Waals surface area (Å²) in [4.78, 5) is 25.8. The van der Waals surface area contributed by atoms with E-state index in [0.29, 0.717) is 27.3 Å². The third-order valence-corrected chi connectivity index (χ3v) is 5.91. The summed E-state index contributed by atoms with van der Waals surface area (Å²) in [5.41, 5.74) is 3.49. The molecule has 170 valence electrons. The molecule has 2 aromatic carbocycles. The minimum atomic E-state index is -0.333. The zero-order valence-electron chi connectivity index (χ0n) is 18.9. The highest BCUT2D eigenvalue weighted by Gasteiger charge is 2.19.